The van der Waals surface area contributed by atoms with Crippen molar-refractivity contribution in [2.45, 2.75) is 19.8 Å². The molecule has 0 atom stereocenters. The van der Waals surface area contributed by atoms with Crippen LogP contribution in [-0.2, 0) is 0 Å². The van der Waals surface area contributed by atoms with Crippen LogP contribution in [0, 0.1) is 12.8 Å². The molecule has 1 aliphatic rings. The van der Waals surface area contributed by atoms with Crippen LogP contribution < -0.4 is 11.1 Å². The molecule has 0 unspecified atom stereocenters. The van der Waals surface area contributed by atoms with Crippen molar-refractivity contribution in [2.75, 3.05) is 17.6 Å². The zero-order chi connectivity index (χ0) is 9.26. The third-order valence-corrected chi connectivity index (χ3v) is 2.53. The molecule has 2 heteroatoms. The number of nitrogens with one attached hydrogen (secondary N) is 1. The summed E-state index contributed by atoms with van der Waals surface area (Å²) >= 11 is 0. The van der Waals surface area contributed by atoms with Gasteiger partial charge in [0, 0.05) is 17.9 Å². The van der Waals surface area contributed by atoms with E-state index in [0.29, 0.717) is 0 Å². The standard InChI is InChI=1S/C11H16N2/c1-8-6-10(12)4-5-11(8)13-7-9-2-3-9/h4-6,9,13H,2-3,7,12H2,1H3. The highest BCUT2D eigenvalue weighted by Crippen LogP contribution is 2.29. The topological polar surface area (TPSA) is 38.0 Å². The summed E-state index contributed by atoms with van der Waals surface area (Å²) in [7, 11) is 0. The second-order valence-electron chi connectivity index (χ2n) is 3.90. The number of nitrogens with two attached hydrogens (primary N) is 1. The van der Waals surface area contributed by atoms with Gasteiger partial charge in [-0.25, -0.2) is 0 Å². The predicted molar refractivity (Wildman–Crippen MR) is 56.8 cm³/mol. The molecule has 0 heterocycles. The fourth-order valence-corrected chi connectivity index (χ4v) is 1.46. The number of hydrogen-bond acceptors (Lipinski definition) is 2. The van der Waals surface area contributed by atoms with Gasteiger partial charge in [-0.3, -0.25) is 0 Å². The number of rotatable bonds is 3. The van der Waals surface area contributed by atoms with Crippen LogP contribution in [0.4, 0.5) is 11.4 Å². The molecule has 1 saturated carbocycles. The Bertz CT molecular complexity index is 303. The first-order valence-corrected chi connectivity index (χ1v) is 4.86. The third kappa shape index (κ3) is 2.14. The summed E-state index contributed by atoms with van der Waals surface area (Å²) in [5.74, 6) is 0.914. The highest BCUT2D eigenvalue weighted by atomic mass is 14.9. The molecule has 1 aromatic rings. The van der Waals surface area contributed by atoms with E-state index in [2.05, 4.69) is 18.3 Å². The predicted octanol–water partition coefficient (Wildman–Crippen LogP) is 2.40. The summed E-state index contributed by atoms with van der Waals surface area (Å²) in [5.41, 5.74) is 8.97. The summed E-state index contributed by atoms with van der Waals surface area (Å²) in [6.45, 7) is 3.20. The summed E-state index contributed by atoms with van der Waals surface area (Å²) in [6.07, 6.45) is 2.78. The van der Waals surface area contributed by atoms with Crippen LogP contribution in [-0.4, -0.2) is 6.54 Å². The van der Waals surface area contributed by atoms with Crippen molar-refractivity contribution in [3.05, 3.63) is 23.8 Å². The zero-order valence-electron chi connectivity index (χ0n) is 8.01. The van der Waals surface area contributed by atoms with Crippen LogP contribution in [0.5, 0.6) is 0 Å². The van der Waals surface area contributed by atoms with Crippen LogP contribution in [0.25, 0.3) is 0 Å². The van der Waals surface area contributed by atoms with Gasteiger partial charge in [-0.1, -0.05) is 0 Å². The highest BCUT2D eigenvalue weighted by Gasteiger charge is 2.20. The maximum atomic E-state index is 5.67. The first-order valence-electron chi connectivity index (χ1n) is 4.86. The molecule has 0 aliphatic heterocycles. The van der Waals surface area contributed by atoms with E-state index in [4.69, 9.17) is 5.73 Å². The minimum absolute atomic E-state index is 0.842. The molecule has 0 saturated heterocycles. The van der Waals surface area contributed by atoms with Crippen molar-refractivity contribution in [2.24, 2.45) is 5.92 Å². The largest absolute Gasteiger partial charge is 0.399 e. The second kappa shape index (κ2) is 3.29. The first kappa shape index (κ1) is 8.42. The van der Waals surface area contributed by atoms with Crippen LogP contribution in [0.2, 0.25) is 0 Å². The Morgan fingerprint density at radius 1 is 1.46 bits per heavy atom. The fourth-order valence-electron chi connectivity index (χ4n) is 1.46. The SMILES string of the molecule is Cc1cc(N)ccc1NCC1CC1. The Morgan fingerprint density at radius 3 is 2.85 bits per heavy atom. The molecular weight excluding hydrogens is 160 g/mol. The molecule has 1 aromatic carbocycles. The van der Waals surface area contributed by atoms with E-state index in [1.807, 2.05) is 12.1 Å². The van der Waals surface area contributed by atoms with Gasteiger partial charge in [0.05, 0.1) is 0 Å². The van der Waals surface area contributed by atoms with Crippen molar-refractivity contribution in [1.82, 2.24) is 0 Å². The quantitative estimate of drug-likeness (QED) is 0.694. The van der Waals surface area contributed by atoms with Crippen LogP contribution >= 0.6 is 0 Å². The van der Waals surface area contributed by atoms with E-state index < -0.39 is 0 Å². The van der Waals surface area contributed by atoms with Crippen LogP contribution in [0.3, 0.4) is 0 Å². The van der Waals surface area contributed by atoms with Gasteiger partial charge in [0.1, 0.15) is 0 Å². The Morgan fingerprint density at radius 2 is 2.23 bits per heavy atom. The molecule has 0 spiro atoms. The Labute approximate surface area is 79.1 Å². The molecule has 2 nitrogen and oxygen atoms in total. The van der Waals surface area contributed by atoms with Crippen molar-refractivity contribution in [3.63, 3.8) is 0 Å². The van der Waals surface area contributed by atoms with Gasteiger partial charge in [-0.2, -0.15) is 0 Å². The number of hydrogen-bond donors (Lipinski definition) is 2. The smallest absolute Gasteiger partial charge is 0.0371 e. The molecule has 0 bridgehead atoms. The molecule has 2 rings (SSSR count). The van der Waals surface area contributed by atoms with E-state index in [1.54, 1.807) is 0 Å². The average molecular weight is 176 g/mol. The normalized spacial score (nSPS) is 15.8. The maximum absolute atomic E-state index is 5.67. The first-order chi connectivity index (χ1) is 6.25. The number of anilines is 2. The van der Waals surface area contributed by atoms with Crippen molar-refractivity contribution in [3.8, 4) is 0 Å². The van der Waals surface area contributed by atoms with Crippen LogP contribution in [0.15, 0.2) is 18.2 Å². The van der Waals surface area contributed by atoms with Gasteiger partial charge in [0.2, 0.25) is 0 Å². The Balaban J connectivity index is 2.01. The minimum Gasteiger partial charge on any atom is -0.399 e. The van der Waals surface area contributed by atoms with Crippen molar-refractivity contribution < 1.29 is 0 Å². The van der Waals surface area contributed by atoms with E-state index in [-0.39, 0.29) is 0 Å². The third-order valence-electron chi connectivity index (χ3n) is 2.53. The minimum atomic E-state index is 0.842. The summed E-state index contributed by atoms with van der Waals surface area (Å²) in [5, 5.41) is 3.45. The molecule has 3 N–H and O–H groups in total. The molecule has 13 heavy (non-hydrogen) atoms. The van der Waals surface area contributed by atoms with Crippen molar-refractivity contribution >= 4 is 11.4 Å². The molecule has 1 fully saturated rings. The lowest BCUT2D eigenvalue weighted by molar-refractivity contribution is 0.888. The number of nitrogen functional groups attached to an aromatic ring is 1. The average Bonchev–Trinajstić information content (AvgIpc) is 2.86. The fraction of sp³-hybridized carbons (Fsp3) is 0.455. The van der Waals surface area contributed by atoms with Gasteiger partial charge in [0.15, 0.2) is 0 Å². The van der Waals surface area contributed by atoms with E-state index in [9.17, 15) is 0 Å². The zero-order valence-corrected chi connectivity index (χ0v) is 8.01. The molecule has 70 valence electrons. The van der Waals surface area contributed by atoms with Gasteiger partial charge in [-0.15, -0.1) is 0 Å². The van der Waals surface area contributed by atoms with Gasteiger partial charge in [-0.05, 0) is 49.4 Å². The summed E-state index contributed by atoms with van der Waals surface area (Å²) < 4.78 is 0. The lowest BCUT2D eigenvalue weighted by atomic mass is 10.2. The number of benzene rings is 1. The number of aryl methyl sites for hydroxylation is 1. The molecule has 0 aromatic heterocycles. The van der Waals surface area contributed by atoms with Crippen LogP contribution in [0.1, 0.15) is 18.4 Å². The molecule has 0 radical (unpaired) electrons. The Hall–Kier alpha value is -1.18. The molecule has 1 aliphatic carbocycles. The second-order valence-corrected chi connectivity index (χ2v) is 3.90. The van der Waals surface area contributed by atoms with Gasteiger partial charge < -0.3 is 11.1 Å². The monoisotopic (exact) mass is 176 g/mol. The van der Waals surface area contributed by atoms with E-state index in [1.165, 1.54) is 24.1 Å². The summed E-state index contributed by atoms with van der Waals surface area (Å²) in [6, 6.07) is 6.02. The summed E-state index contributed by atoms with van der Waals surface area (Å²) in [4.78, 5) is 0. The van der Waals surface area contributed by atoms with Crippen molar-refractivity contribution in [1.29, 1.82) is 0 Å². The lowest BCUT2D eigenvalue weighted by Crippen LogP contribution is -2.04. The maximum Gasteiger partial charge on any atom is 0.0371 e. The van der Waals surface area contributed by atoms with Gasteiger partial charge >= 0.3 is 0 Å². The van der Waals surface area contributed by atoms with Gasteiger partial charge in [0.25, 0.3) is 0 Å². The lowest BCUT2D eigenvalue weighted by Gasteiger charge is -2.08. The van der Waals surface area contributed by atoms with E-state index >= 15 is 0 Å². The molecule has 0 amide bonds. The highest BCUT2D eigenvalue weighted by molar-refractivity contribution is 5.57. The Kier molecular flexibility index (Phi) is 2.13. The van der Waals surface area contributed by atoms with E-state index in [0.717, 1.165) is 18.2 Å². The molecular formula is C11H16N2.